The first-order valence-electron chi connectivity index (χ1n) is 7.65. The van der Waals surface area contributed by atoms with Crippen LogP contribution < -0.4 is 9.47 Å². The highest BCUT2D eigenvalue weighted by Gasteiger charge is 2.29. The van der Waals surface area contributed by atoms with E-state index in [-0.39, 0.29) is 13.2 Å². The molecule has 4 nitrogen and oxygen atoms in total. The van der Waals surface area contributed by atoms with Gasteiger partial charge in [-0.3, -0.25) is 9.59 Å². The highest BCUT2D eigenvalue weighted by Crippen LogP contribution is 2.45. The number of aldehydes is 2. The molecule has 4 rings (SSSR count). The lowest BCUT2D eigenvalue weighted by Crippen LogP contribution is -2.18. The van der Waals surface area contributed by atoms with Crippen molar-refractivity contribution >= 4 is 23.7 Å². The van der Waals surface area contributed by atoms with Crippen LogP contribution in [0.1, 0.15) is 11.1 Å². The maximum Gasteiger partial charge on any atom is 0.150 e. The molecule has 4 heteroatoms. The topological polar surface area (TPSA) is 52.6 Å². The van der Waals surface area contributed by atoms with Gasteiger partial charge >= 0.3 is 0 Å². The molecule has 0 saturated heterocycles. The van der Waals surface area contributed by atoms with Crippen LogP contribution in [0.3, 0.4) is 0 Å². The third kappa shape index (κ3) is 2.15. The van der Waals surface area contributed by atoms with E-state index in [1.54, 1.807) is 0 Å². The first kappa shape index (κ1) is 14.5. The summed E-state index contributed by atoms with van der Waals surface area (Å²) in [4.78, 5) is 23.3. The van der Waals surface area contributed by atoms with Gasteiger partial charge in [0.05, 0.1) is 0 Å². The number of carbonyl (C=O) groups is 2. The van der Waals surface area contributed by atoms with Crippen LogP contribution in [0.2, 0.25) is 0 Å². The quantitative estimate of drug-likeness (QED) is 0.816. The average Bonchev–Trinajstić information content (AvgIpc) is 2.66. The first-order valence-corrected chi connectivity index (χ1v) is 7.65. The Labute approximate surface area is 139 Å². The summed E-state index contributed by atoms with van der Waals surface area (Å²) in [5.74, 6) is 1.42. The van der Waals surface area contributed by atoms with Crippen LogP contribution in [0, 0.1) is 0 Å². The minimum atomic E-state index is 0.189. The van der Waals surface area contributed by atoms with Crippen molar-refractivity contribution in [1.29, 1.82) is 0 Å². The summed E-state index contributed by atoms with van der Waals surface area (Å²) in [7, 11) is 0. The maximum atomic E-state index is 11.6. The largest absolute Gasteiger partial charge is 0.488 e. The van der Waals surface area contributed by atoms with Crippen molar-refractivity contribution in [3.8, 4) is 11.5 Å². The van der Waals surface area contributed by atoms with E-state index in [4.69, 9.17) is 9.47 Å². The van der Waals surface area contributed by atoms with Crippen LogP contribution in [0.5, 0.6) is 11.5 Å². The molecular formula is C20H14O4. The lowest BCUT2D eigenvalue weighted by molar-refractivity contribution is -0.106. The van der Waals surface area contributed by atoms with Gasteiger partial charge in [0.15, 0.2) is 0 Å². The Morgan fingerprint density at radius 3 is 1.50 bits per heavy atom. The Bertz CT molecular complexity index is 830. The van der Waals surface area contributed by atoms with Gasteiger partial charge in [-0.2, -0.15) is 0 Å². The highest BCUT2D eigenvalue weighted by molar-refractivity contribution is 6.18. The smallest absolute Gasteiger partial charge is 0.150 e. The molecule has 0 atom stereocenters. The minimum absolute atomic E-state index is 0.189. The zero-order chi connectivity index (χ0) is 16.5. The van der Waals surface area contributed by atoms with Gasteiger partial charge in [0.25, 0.3) is 0 Å². The van der Waals surface area contributed by atoms with E-state index in [1.165, 1.54) is 0 Å². The molecule has 2 aromatic carbocycles. The molecule has 2 aliphatic rings. The molecule has 0 aliphatic carbocycles. The molecule has 0 amide bonds. The number of hydrogen-bond donors (Lipinski definition) is 0. The Hall–Kier alpha value is -3.14. The van der Waals surface area contributed by atoms with Gasteiger partial charge in [0.1, 0.15) is 37.3 Å². The molecule has 0 unspecified atom stereocenters. The van der Waals surface area contributed by atoms with Gasteiger partial charge in [0, 0.05) is 33.4 Å². The Balaban J connectivity index is 2.04. The number of benzene rings is 2. The average molecular weight is 318 g/mol. The fraction of sp³-hybridized carbons (Fsp3) is 0.100. The molecule has 2 heterocycles. The molecule has 0 saturated carbocycles. The van der Waals surface area contributed by atoms with Crippen molar-refractivity contribution in [3.63, 3.8) is 0 Å². The summed E-state index contributed by atoms with van der Waals surface area (Å²) in [6, 6.07) is 15.1. The highest BCUT2D eigenvalue weighted by atomic mass is 16.5. The van der Waals surface area contributed by atoms with Crippen LogP contribution in [-0.2, 0) is 9.59 Å². The third-order valence-electron chi connectivity index (χ3n) is 4.26. The Morgan fingerprint density at radius 2 is 1.08 bits per heavy atom. The van der Waals surface area contributed by atoms with Crippen LogP contribution in [0.15, 0.2) is 59.7 Å². The van der Waals surface area contributed by atoms with Crippen molar-refractivity contribution in [2.45, 2.75) is 0 Å². The monoisotopic (exact) mass is 318 g/mol. The van der Waals surface area contributed by atoms with Gasteiger partial charge in [-0.05, 0) is 12.1 Å². The van der Waals surface area contributed by atoms with E-state index in [0.29, 0.717) is 22.6 Å². The summed E-state index contributed by atoms with van der Waals surface area (Å²) < 4.78 is 11.3. The number of allylic oxidation sites excluding steroid dienone is 2. The van der Waals surface area contributed by atoms with Crippen molar-refractivity contribution < 1.29 is 19.1 Å². The zero-order valence-electron chi connectivity index (χ0n) is 12.8. The molecule has 118 valence electrons. The fourth-order valence-electron chi connectivity index (χ4n) is 3.18. The van der Waals surface area contributed by atoms with Gasteiger partial charge in [-0.25, -0.2) is 0 Å². The van der Waals surface area contributed by atoms with E-state index in [0.717, 1.165) is 34.8 Å². The number of fused-ring (bicyclic) bond motifs is 2. The van der Waals surface area contributed by atoms with Crippen molar-refractivity contribution in [2.75, 3.05) is 13.2 Å². The summed E-state index contributed by atoms with van der Waals surface area (Å²) >= 11 is 0. The molecule has 0 N–H and O–H groups in total. The molecule has 0 spiro atoms. The van der Waals surface area contributed by atoms with E-state index >= 15 is 0 Å². The van der Waals surface area contributed by atoms with Gasteiger partial charge in [-0.15, -0.1) is 0 Å². The summed E-state index contributed by atoms with van der Waals surface area (Å²) in [6.45, 7) is 0.378. The van der Waals surface area contributed by atoms with Gasteiger partial charge < -0.3 is 9.47 Å². The fourth-order valence-corrected chi connectivity index (χ4v) is 3.18. The molecule has 0 fully saturated rings. The van der Waals surface area contributed by atoms with Crippen LogP contribution in [0.25, 0.3) is 11.1 Å². The summed E-state index contributed by atoms with van der Waals surface area (Å²) in [5, 5.41) is 0. The Kier molecular flexibility index (Phi) is 3.50. The maximum absolute atomic E-state index is 11.6. The second kappa shape index (κ2) is 5.81. The predicted molar refractivity (Wildman–Crippen MR) is 89.8 cm³/mol. The van der Waals surface area contributed by atoms with Crippen LogP contribution in [0.4, 0.5) is 0 Å². The number of hydrogen-bond acceptors (Lipinski definition) is 4. The molecule has 24 heavy (non-hydrogen) atoms. The molecule has 0 radical (unpaired) electrons. The van der Waals surface area contributed by atoms with E-state index in [2.05, 4.69) is 0 Å². The number of ether oxygens (including phenoxy) is 2. The normalized spacial score (nSPS) is 15.8. The second-order valence-electron chi connectivity index (χ2n) is 5.61. The molecule has 0 aromatic heterocycles. The third-order valence-corrected chi connectivity index (χ3v) is 4.26. The van der Waals surface area contributed by atoms with Crippen LogP contribution in [-0.4, -0.2) is 25.8 Å². The lowest BCUT2D eigenvalue weighted by atomic mass is 9.83. The molecular weight excluding hydrogens is 304 g/mol. The standard InChI is InChI=1S/C20H14O4/c21-9-13-11-23-17-7-3-1-5-15(17)19(13)20-14(10-22)12-24-18-8-4-2-6-16(18)20/h1-10H,11-12H2. The van der Waals surface area contributed by atoms with Crippen LogP contribution >= 0.6 is 0 Å². The first-order chi connectivity index (χ1) is 11.8. The predicted octanol–water partition coefficient (Wildman–Crippen LogP) is 3.08. The SMILES string of the molecule is O=CC1=C(C2=C(C=O)COc3ccccc32)c2ccccc2OC1. The number of para-hydroxylation sites is 2. The van der Waals surface area contributed by atoms with E-state index in [9.17, 15) is 9.59 Å². The number of carbonyl (C=O) groups excluding carboxylic acids is 2. The van der Waals surface area contributed by atoms with Gasteiger partial charge in [-0.1, -0.05) is 36.4 Å². The summed E-state index contributed by atoms with van der Waals surface area (Å²) in [5.41, 5.74) is 4.20. The molecule has 0 bridgehead atoms. The number of rotatable bonds is 3. The van der Waals surface area contributed by atoms with Crippen molar-refractivity contribution in [2.24, 2.45) is 0 Å². The van der Waals surface area contributed by atoms with E-state index < -0.39 is 0 Å². The molecule has 2 aliphatic heterocycles. The molecule has 2 aromatic rings. The Morgan fingerprint density at radius 1 is 0.667 bits per heavy atom. The summed E-state index contributed by atoms with van der Waals surface area (Å²) in [6.07, 6.45) is 1.61. The zero-order valence-corrected chi connectivity index (χ0v) is 12.8. The van der Waals surface area contributed by atoms with Crippen molar-refractivity contribution in [1.82, 2.24) is 0 Å². The lowest BCUT2D eigenvalue weighted by Gasteiger charge is -2.28. The van der Waals surface area contributed by atoms with E-state index in [1.807, 2.05) is 48.5 Å². The second-order valence-corrected chi connectivity index (χ2v) is 5.61. The van der Waals surface area contributed by atoms with Crippen molar-refractivity contribution in [3.05, 3.63) is 70.8 Å². The minimum Gasteiger partial charge on any atom is -0.488 e. The van der Waals surface area contributed by atoms with Gasteiger partial charge in [0.2, 0.25) is 0 Å².